The van der Waals surface area contributed by atoms with Gasteiger partial charge in [-0.3, -0.25) is 9.59 Å². The van der Waals surface area contributed by atoms with E-state index in [0.717, 1.165) is 24.3 Å². The van der Waals surface area contributed by atoms with Crippen LogP contribution >= 0.6 is 23.5 Å². The molecule has 0 radical (unpaired) electrons. The summed E-state index contributed by atoms with van der Waals surface area (Å²) in [4.78, 5) is 23.0. The van der Waals surface area contributed by atoms with Gasteiger partial charge in [0, 0.05) is 29.1 Å². The van der Waals surface area contributed by atoms with Crippen molar-refractivity contribution in [2.45, 2.75) is 24.5 Å². The molecule has 0 aromatic carbocycles. The fraction of sp³-hybridized carbons (Fsp3) is 0.833. The molecule has 1 saturated carbocycles. The molecular formula is C12H19NO3S2. The number of carboxylic acids is 1. The molecule has 6 heteroatoms. The Bertz CT molecular complexity index is 318. The number of rotatable bonds is 4. The number of amides is 1. The molecule has 18 heavy (non-hydrogen) atoms. The summed E-state index contributed by atoms with van der Waals surface area (Å²) in [5.41, 5.74) is 0. The maximum atomic E-state index is 12.0. The highest BCUT2D eigenvalue weighted by Gasteiger charge is 2.37. The van der Waals surface area contributed by atoms with E-state index in [9.17, 15) is 9.59 Å². The van der Waals surface area contributed by atoms with Gasteiger partial charge in [-0.05, 0) is 12.8 Å². The topological polar surface area (TPSA) is 66.4 Å². The minimum absolute atomic E-state index is 0.0592. The molecule has 2 fully saturated rings. The lowest BCUT2D eigenvalue weighted by Gasteiger charge is -2.22. The summed E-state index contributed by atoms with van der Waals surface area (Å²) in [6, 6.07) is 0. The Morgan fingerprint density at radius 3 is 2.67 bits per heavy atom. The van der Waals surface area contributed by atoms with Crippen LogP contribution in [-0.4, -0.2) is 46.0 Å². The second-order valence-corrected chi connectivity index (χ2v) is 7.35. The van der Waals surface area contributed by atoms with Crippen molar-refractivity contribution in [3.8, 4) is 0 Å². The Hall–Kier alpha value is -0.360. The SMILES string of the molecule is O=C(O)C1CCCC1C(=O)NCC1CSCCS1. The molecule has 2 N–H and O–H groups in total. The van der Waals surface area contributed by atoms with Crippen molar-refractivity contribution in [2.24, 2.45) is 11.8 Å². The predicted molar refractivity (Wildman–Crippen MR) is 75.0 cm³/mol. The van der Waals surface area contributed by atoms with Gasteiger partial charge in [0.05, 0.1) is 11.8 Å². The van der Waals surface area contributed by atoms with Gasteiger partial charge in [-0.1, -0.05) is 6.42 Å². The molecule has 1 amide bonds. The lowest BCUT2D eigenvalue weighted by Crippen LogP contribution is -2.39. The number of carbonyl (C=O) groups excluding carboxylic acids is 1. The van der Waals surface area contributed by atoms with Crippen LogP contribution in [0.15, 0.2) is 0 Å². The predicted octanol–water partition coefficient (Wildman–Crippen LogP) is 1.45. The molecule has 2 rings (SSSR count). The Morgan fingerprint density at radius 1 is 1.22 bits per heavy atom. The summed E-state index contributed by atoms with van der Waals surface area (Å²) in [6.45, 7) is 0.680. The van der Waals surface area contributed by atoms with Crippen LogP contribution in [0.25, 0.3) is 0 Å². The molecular weight excluding hydrogens is 270 g/mol. The quantitative estimate of drug-likeness (QED) is 0.820. The zero-order valence-electron chi connectivity index (χ0n) is 10.3. The van der Waals surface area contributed by atoms with Gasteiger partial charge in [-0.25, -0.2) is 0 Å². The van der Waals surface area contributed by atoms with Crippen molar-refractivity contribution in [1.82, 2.24) is 5.32 Å². The number of aliphatic carboxylic acids is 1. The van der Waals surface area contributed by atoms with Crippen molar-refractivity contribution in [3.05, 3.63) is 0 Å². The highest BCUT2D eigenvalue weighted by Crippen LogP contribution is 2.32. The summed E-state index contributed by atoms with van der Waals surface area (Å²) in [7, 11) is 0. The van der Waals surface area contributed by atoms with Crippen LogP contribution in [0.1, 0.15) is 19.3 Å². The van der Waals surface area contributed by atoms with Crippen molar-refractivity contribution in [1.29, 1.82) is 0 Å². The second kappa shape index (κ2) is 6.70. The third-order valence-electron chi connectivity index (χ3n) is 3.56. The van der Waals surface area contributed by atoms with E-state index in [-0.39, 0.29) is 11.8 Å². The Labute approximate surface area is 116 Å². The summed E-state index contributed by atoms with van der Waals surface area (Å²) < 4.78 is 0. The second-order valence-electron chi connectivity index (χ2n) is 4.79. The summed E-state index contributed by atoms with van der Waals surface area (Å²) in [5.74, 6) is 1.75. The number of thioether (sulfide) groups is 2. The van der Waals surface area contributed by atoms with Crippen LogP contribution in [-0.2, 0) is 9.59 Å². The molecule has 3 atom stereocenters. The average Bonchev–Trinajstić information content (AvgIpc) is 2.86. The lowest BCUT2D eigenvalue weighted by molar-refractivity contribution is -0.146. The third-order valence-corrected chi connectivity index (χ3v) is 6.40. The number of hydrogen-bond donors (Lipinski definition) is 2. The van der Waals surface area contributed by atoms with Crippen LogP contribution in [0, 0.1) is 11.8 Å². The van der Waals surface area contributed by atoms with E-state index in [1.807, 2.05) is 23.5 Å². The molecule has 0 bridgehead atoms. The Kier molecular flexibility index (Phi) is 5.24. The first-order chi connectivity index (χ1) is 8.68. The van der Waals surface area contributed by atoms with Crippen molar-refractivity contribution >= 4 is 35.4 Å². The maximum Gasteiger partial charge on any atom is 0.307 e. The van der Waals surface area contributed by atoms with Crippen molar-refractivity contribution in [2.75, 3.05) is 23.8 Å². The summed E-state index contributed by atoms with van der Waals surface area (Å²) in [5, 5.41) is 12.5. The Morgan fingerprint density at radius 2 is 2.00 bits per heavy atom. The van der Waals surface area contributed by atoms with Crippen LogP contribution in [0.4, 0.5) is 0 Å². The molecule has 1 heterocycles. The first-order valence-corrected chi connectivity index (χ1v) is 8.58. The van der Waals surface area contributed by atoms with Gasteiger partial charge in [0.2, 0.25) is 5.91 Å². The van der Waals surface area contributed by atoms with E-state index in [1.54, 1.807) is 0 Å². The van der Waals surface area contributed by atoms with Crippen molar-refractivity contribution < 1.29 is 14.7 Å². The zero-order valence-corrected chi connectivity index (χ0v) is 11.9. The van der Waals surface area contributed by atoms with E-state index in [1.165, 1.54) is 5.75 Å². The third kappa shape index (κ3) is 3.57. The molecule has 2 aliphatic rings. The van der Waals surface area contributed by atoms with Crippen molar-refractivity contribution in [3.63, 3.8) is 0 Å². The molecule has 1 aliphatic carbocycles. The van der Waals surface area contributed by atoms with Gasteiger partial charge in [0.15, 0.2) is 0 Å². The molecule has 4 nitrogen and oxygen atoms in total. The van der Waals surface area contributed by atoms with Gasteiger partial charge >= 0.3 is 5.97 Å². The van der Waals surface area contributed by atoms with Gasteiger partial charge in [-0.15, -0.1) is 0 Å². The van der Waals surface area contributed by atoms with Gasteiger partial charge in [0.25, 0.3) is 0 Å². The first-order valence-electron chi connectivity index (χ1n) is 6.38. The van der Waals surface area contributed by atoms with E-state index in [0.29, 0.717) is 18.2 Å². The molecule has 3 unspecified atom stereocenters. The molecule has 1 saturated heterocycles. The monoisotopic (exact) mass is 289 g/mol. The minimum atomic E-state index is -0.824. The zero-order chi connectivity index (χ0) is 13.0. The number of hydrogen-bond acceptors (Lipinski definition) is 4. The van der Waals surface area contributed by atoms with E-state index in [4.69, 9.17) is 5.11 Å². The van der Waals surface area contributed by atoms with Gasteiger partial charge in [-0.2, -0.15) is 23.5 Å². The highest BCUT2D eigenvalue weighted by molar-refractivity contribution is 8.06. The molecule has 102 valence electrons. The van der Waals surface area contributed by atoms with Crippen LogP contribution in [0.3, 0.4) is 0 Å². The largest absolute Gasteiger partial charge is 0.481 e. The number of carboxylic acid groups (broad SMARTS) is 1. The van der Waals surface area contributed by atoms with E-state index in [2.05, 4.69) is 5.32 Å². The molecule has 0 spiro atoms. The smallest absolute Gasteiger partial charge is 0.307 e. The minimum Gasteiger partial charge on any atom is -0.481 e. The first kappa shape index (κ1) is 14.1. The van der Waals surface area contributed by atoms with Crippen LogP contribution < -0.4 is 5.32 Å². The summed E-state index contributed by atoms with van der Waals surface area (Å²) in [6.07, 6.45) is 2.21. The molecule has 1 aliphatic heterocycles. The number of carbonyl (C=O) groups is 2. The van der Waals surface area contributed by atoms with Crippen LogP contribution in [0.5, 0.6) is 0 Å². The Balaban J connectivity index is 1.78. The van der Waals surface area contributed by atoms with E-state index < -0.39 is 11.9 Å². The fourth-order valence-corrected chi connectivity index (χ4v) is 5.18. The van der Waals surface area contributed by atoms with Crippen LogP contribution in [0.2, 0.25) is 0 Å². The van der Waals surface area contributed by atoms with Gasteiger partial charge in [0.1, 0.15) is 0 Å². The van der Waals surface area contributed by atoms with E-state index >= 15 is 0 Å². The fourth-order valence-electron chi connectivity index (χ4n) is 2.57. The average molecular weight is 289 g/mol. The number of nitrogens with one attached hydrogen (secondary N) is 1. The maximum absolute atomic E-state index is 12.0. The summed E-state index contributed by atoms with van der Waals surface area (Å²) >= 11 is 3.83. The standard InChI is InChI=1S/C12H19NO3S2/c14-11(9-2-1-3-10(9)12(15)16)13-6-8-7-17-4-5-18-8/h8-10H,1-7H2,(H,13,14)(H,15,16). The molecule has 0 aromatic rings. The lowest BCUT2D eigenvalue weighted by atomic mass is 9.95. The highest BCUT2D eigenvalue weighted by atomic mass is 32.2. The molecule has 0 aromatic heterocycles. The normalized spacial score (nSPS) is 32.1. The van der Waals surface area contributed by atoms with Gasteiger partial charge < -0.3 is 10.4 Å².